The van der Waals surface area contributed by atoms with Crippen molar-refractivity contribution in [2.24, 2.45) is 0 Å². The van der Waals surface area contributed by atoms with Crippen LogP contribution in [0, 0.1) is 0 Å². The monoisotopic (exact) mass is 226 g/mol. The summed E-state index contributed by atoms with van der Waals surface area (Å²) in [5.41, 5.74) is 0.553. The first-order chi connectivity index (χ1) is 7.14. The van der Waals surface area contributed by atoms with Crippen molar-refractivity contribution >= 4 is 11.8 Å². The number of aliphatic hydroxyl groups is 1. The number of hydrogen-bond acceptors (Lipinski definition) is 4. The Morgan fingerprint density at radius 3 is 2.73 bits per heavy atom. The second-order valence-corrected chi connectivity index (χ2v) is 4.75. The molecule has 1 aromatic rings. The second-order valence-electron chi connectivity index (χ2n) is 3.89. The maximum Gasteiger partial charge on any atom is 0.0833 e. The van der Waals surface area contributed by atoms with E-state index in [-0.39, 0.29) is 0 Å². The summed E-state index contributed by atoms with van der Waals surface area (Å²) in [5.74, 6) is 0.746. The summed E-state index contributed by atoms with van der Waals surface area (Å²) in [6, 6.07) is 3.94. The Morgan fingerprint density at radius 1 is 1.47 bits per heavy atom. The summed E-state index contributed by atoms with van der Waals surface area (Å²) in [7, 11) is 0. The molecule has 0 saturated carbocycles. The molecule has 1 heterocycles. The lowest BCUT2D eigenvalue weighted by molar-refractivity contribution is 0.0846. The minimum atomic E-state index is -0.632. The lowest BCUT2D eigenvalue weighted by Gasteiger charge is -2.22. The van der Waals surface area contributed by atoms with Gasteiger partial charge in [0.2, 0.25) is 0 Å². The van der Waals surface area contributed by atoms with Gasteiger partial charge in [-0.15, -0.1) is 0 Å². The highest BCUT2D eigenvalue weighted by Crippen LogP contribution is 2.09. The molecule has 2 N–H and O–H groups in total. The van der Waals surface area contributed by atoms with E-state index in [0.717, 1.165) is 12.3 Å². The fraction of sp³-hybridized carbons (Fsp3) is 0.545. The Labute approximate surface area is 95.3 Å². The summed E-state index contributed by atoms with van der Waals surface area (Å²) < 4.78 is 0. The largest absolute Gasteiger partial charge is 0.388 e. The Bertz CT molecular complexity index is 277. The van der Waals surface area contributed by atoms with Gasteiger partial charge < -0.3 is 10.4 Å². The quantitative estimate of drug-likeness (QED) is 0.767. The Hall–Kier alpha value is -0.580. The third kappa shape index (κ3) is 5.16. The molecule has 4 heteroatoms. The molecule has 0 saturated heterocycles. The number of pyridine rings is 1. The number of nitrogens with zero attached hydrogens (tertiary/aromatic N) is 1. The van der Waals surface area contributed by atoms with Crippen LogP contribution < -0.4 is 5.32 Å². The fourth-order valence-corrected chi connectivity index (χ4v) is 2.06. The van der Waals surface area contributed by atoms with Gasteiger partial charge in [-0.05, 0) is 30.9 Å². The van der Waals surface area contributed by atoms with Crippen LogP contribution in [0.1, 0.15) is 12.5 Å². The first kappa shape index (κ1) is 12.5. The maximum atomic E-state index is 9.90. The van der Waals surface area contributed by atoms with Crippen molar-refractivity contribution in [1.82, 2.24) is 10.3 Å². The van der Waals surface area contributed by atoms with Gasteiger partial charge in [0.15, 0.2) is 0 Å². The smallest absolute Gasteiger partial charge is 0.0833 e. The van der Waals surface area contributed by atoms with Crippen LogP contribution in [-0.2, 0) is 6.54 Å². The van der Waals surface area contributed by atoms with Crippen LogP contribution in [-0.4, -0.2) is 34.2 Å². The average Bonchev–Trinajstić information content (AvgIpc) is 2.19. The molecule has 1 unspecified atom stereocenters. The standard InChI is InChI=1S/C11H18N2OS/c1-11(14,9-15-2)8-13-7-10-3-5-12-6-4-10/h3-6,13-14H,7-9H2,1-2H3. The molecule has 0 aliphatic carbocycles. The lowest BCUT2D eigenvalue weighted by atomic mass is 10.1. The van der Waals surface area contributed by atoms with Crippen LogP contribution in [0.25, 0.3) is 0 Å². The van der Waals surface area contributed by atoms with Gasteiger partial charge in [-0.25, -0.2) is 0 Å². The minimum Gasteiger partial charge on any atom is -0.388 e. The van der Waals surface area contributed by atoms with E-state index in [0.29, 0.717) is 6.54 Å². The van der Waals surface area contributed by atoms with E-state index in [9.17, 15) is 5.11 Å². The molecule has 0 aliphatic rings. The average molecular weight is 226 g/mol. The van der Waals surface area contributed by atoms with Crippen LogP contribution in [0.15, 0.2) is 24.5 Å². The van der Waals surface area contributed by atoms with E-state index in [1.165, 1.54) is 5.56 Å². The molecule has 0 amide bonds. The van der Waals surface area contributed by atoms with E-state index >= 15 is 0 Å². The Balaban J connectivity index is 2.27. The predicted octanol–water partition coefficient (Wildman–Crippen LogP) is 1.29. The van der Waals surface area contributed by atoms with Crippen LogP contribution in [0.5, 0.6) is 0 Å². The number of rotatable bonds is 6. The molecule has 0 fully saturated rings. The molecule has 1 aromatic heterocycles. The van der Waals surface area contributed by atoms with Crippen LogP contribution in [0.2, 0.25) is 0 Å². The number of thioether (sulfide) groups is 1. The molecule has 0 bridgehead atoms. The van der Waals surface area contributed by atoms with Crippen LogP contribution in [0.4, 0.5) is 0 Å². The van der Waals surface area contributed by atoms with Crippen molar-refractivity contribution in [1.29, 1.82) is 0 Å². The van der Waals surface area contributed by atoms with E-state index < -0.39 is 5.60 Å². The van der Waals surface area contributed by atoms with Crippen molar-refractivity contribution in [3.63, 3.8) is 0 Å². The first-order valence-corrected chi connectivity index (χ1v) is 6.34. The van der Waals surface area contributed by atoms with Gasteiger partial charge in [0.1, 0.15) is 0 Å². The van der Waals surface area contributed by atoms with E-state index in [1.54, 1.807) is 24.2 Å². The molecule has 15 heavy (non-hydrogen) atoms. The molecule has 0 aliphatic heterocycles. The van der Waals surface area contributed by atoms with Crippen molar-refractivity contribution in [3.05, 3.63) is 30.1 Å². The molecular weight excluding hydrogens is 208 g/mol. The number of nitrogens with one attached hydrogen (secondary N) is 1. The number of hydrogen-bond donors (Lipinski definition) is 2. The highest BCUT2D eigenvalue weighted by atomic mass is 32.2. The van der Waals surface area contributed by atoms with Gasteiger partial charge in [-0.2, -0.15) is 11.8 Å². The van der Waals surface area contributed by atoms with Crippen molar-refractivity contribution < 1.29 is 5.11 Å². The van der Waals surface area contributed by atoms with E-state index in [1.807, 2.05) is 25.3 Å². The SMILES string of the molecule is CSCC(C)(O)CNCc1ccncc1. The van der Waals surface area contributed by atoms with Gasteiger partial charge >= 0.3 is 0 Å². The molecule has 1 rings (SSSR count). The van der Waals surface area contributed by atoms with Crippen LogP contribution >= 0.6 is 11.8 Å². The number of aromatic nitrogens is 1. The van der Waals surface area contributed by atoms with Crippen molar-refractivity contribution in [3.8, 4) is 0 Å². The normalized spacial score (nSPS) is 14.9. The van der Waals surface area contributed by atoms with Crippen LogP contribution in [0.3, 0.4) is 0 Å². The zero-order valence-electron chi connectivity index (χ0n) is 9.23. The van der Waals surface area contributed by atoms with Gasteiger partial charge in [0, 0.05) is 31.2 Å². The summed E-state index contributed by atoms with van der Waals surface area (Å²) in [5, 5.41) is 13.1. The molecule has 1 atom stereocenters. The van der Waals surface area contributed by atoms with Gasteiger partial charge in [-0.3, -0.25) is 4.98 Å². The third-order valence-electron chi connectivity index (χ3n) is 2.04. The third-order valence-corrected chi connectivity index (χ3v) is 2.95. The second kappa shape index (κ2) is 6.10. The topological polar surface area (TPSA) is 45.1 Å². The van der Waals surface area contributed by atoms with Crippen molar-refractivity contribution in [2.75, 3.05) is 18.6 Å². The summed E-state index contributed by atoms with van der Waals surface area (Å²) >= 11 is 1.65. The molecule has 84 valence electrons. The fourth-order valence-electron chi connectivity index (χ4n) is 1.34. The summed E-state index contributed by atoms with van der Waals surface area (Å²) in [6.07, 6.45) is 5.55. The maximum absolute atomic E-state index is 9.90. The van der Waals surface area contributed by atoms with Crippen molar-refractivity contribution in [2.45, 2.75) is 19.1 Å². The van der Waals surface area contributed by atoms with Gasteiger partial charge in [-0.1, -0.05) is 0 Å². The summed E-state index contributed by atoms with van der Waals surface area (Å²) in [6.45, 7) is 3.23. The predicted molar refractivity (Wildman–Crippen MR) is 64.9 cm³/mol. The lowest BCUT2D eigenvalue weighted by Crippen LogP contribution is -2.39. The zero-order chi connectivity index (χ0) is 11.1. The Morgan fingerprint density at radius 2 is 2.13 bits per heavy atom. The zero-order valence-corrected chi connectivity index (χ0v) is 10.0. The summed E-state index contributed by atoms with van der Waals surface area (Å²) in [4.78, 5) is 3.95. The molecule has 0 radical (unpaired) electrons. The van der Waals surface area contributed by atoms with Gasteiger partial charge in [0.25, 0.3) is 0 Å². The van der Waals surface area contributed by atoms with E-state index in [2.05, 4.69) is 10.3 Å². The molecule has 3 nitrogen and oxygen atoms in total. The van der Waals surface area contributed by atoms with Gasteiger partial charge in [0.05, 0.1) is 5.60 Å². The Kier molecular flexibility index (Phi) is 5.08. The van der Waals surface area contributed by atoms with E-state index in [4.69, 9.17) is 0 Å². The first-order valence-electron chi connectivity index (χ1n) is 4.95. The molecule has 0 spiro atoms. The highest BCUT2D eigenvalue weighted by molar-refractivity contribution is 7.98. The molecule has 0 aromatic carbocycles. The minimum absolute atomic E-state index is 0.607. The molecular formula is C11H18N2OS. The highest BCUT2D eigenvalue weighted by Gasteiger charge is 2.18.